The van der Waals surface area contributed by atoms with Crippen LogP contribution in [0.25, 0.3) is 33.4 Å². The first kappa shape index (κ1) is 78.7. The summed E-state index contributed by atoms with van der Waals surface area (Å²) in [6.07, 6.45) is 8.30. The molecule has 3 aliphatic rings. The first-order valence-electron chi connectivity index (χ1n) is 37.2. The third-order valence-electron chi connectivity index (χ3n) is 19.4. The number of phenols is 3. The van der Waals surface area contributed by atoms with Gasteiger partial charge < -0.3 is 61.0 Å². The van der Waals surface area contributed by atoms with E-state index in [-0.39, 0.29) is 56.3 Å². The lowest BCUT2D eigenvalue weighted by Crippen LogP contribution is -2.33. The van der Waals surface area contributed by atoms with Crippen molar-refractivity contribution in [3.8, 4) is 50.6 Å². The SMILES string of the molecule is CC(C)(C)OC(=O)c1ccc(-c2ccccc2)cc1NC(=O)c1cc(C2CCNCC2)ccc1O.CCCN1CCC(c2ccc(O)c(C(=O)Nc3cc(-c4ccccc4)ccc3C(=O)O)c2)CC1.CCCN1CCC(c2ccc(O)c(C(=O)Nc3cc(-c4ccccc4)ccc3C(=O)OC(C)(C)C)c2)CC1. The first-order chi connectivity index (χ1) is 51.3. The van der Waals surface area contributed by atoms with Crippen molar-refractivity contribution in [3.63, 3.8) is 0 Å². The molecule has 18 heteroatoms. The van der Waals surface area contributed by atoms with Gasteiger partial charge in [0.1, 0.15) is 28.5 Å². The summed E-state index contributed by atoms with van der Waals surface area (Å²) >= 11 is 0. The molecule has 0 atom stereocenters. The molecule has 0 saturated carbocycles. The number of nitrogens with one attached hydrogen (secondary N) is 4. The van der Waals surface area contributed by atoms with E-state index in [0.717, 1.165) is 154 Å². The van der Waals surface area contributed by atoms with E-state index in [1.54, 1.807) is 114 Å². The van der Waals surface area contributed by atoms with Gasteiger partial charge in [0.25, 0.3) is 17.7 Å². The second-order valence-electron chi connectivity index (χ2n) is 29.6. The number of hydrogen-bond acceptors (Lipinski definition) is 14. The molecule has 3 fully saturated rings. The molecule has 0 bridgehead atoms. The minimum atomic E-state index is -1.13. The lowest BCUT2D eigenvalue weighted by molar-refractivity contribution is 0.00580. The number of phenolic OH excluding ortho intramolecular Hbond substituents is 3. The van der Waals surface area contributed by atoms with Gasteiger partial charge in [-0.15, -0.1) is 0 Å². The number of amides is 3. The van der Waals surface area contributed by atoms with Gasteiger partial charge in [0.15, 0.2) is 0 Å². The number of carboxylic acid groups (broad SMARTS) is 1. The van der Waals surface area contributed by atoms with Crippen LogP contribution in [0.15, 0.2) is 200 Å². The predicted molar refractivity (Wildman–Crippen MR) is 423 cm³/mol. The number of carbonyl (C=O) groups excluding carboxylic acids is 5. The summed E-state index contributed by atoms with van der Waals surface area (Å²) in [4.78, 5) is 82.7. The molecular formula is C89H100N6O12. The van der Waals surface area contributed by atoms with E-state index in [0.29, 0.717) is 29.1 Å². The minimum Gasteiger partial charge on any atom is -0.507 e. The number of benzene rings is 9. The van der Waals surface area contributed by atoms with Crippen LogP contribution in [0.4, 0.5) is 17.1 Å². The molecule has 9 aromatic carbocycles. The van der Waals surface area contributed by atoms with Crippen molar-refractivity contribution in [2.45, 2.75) is 136 Å². The number of aromatic carboxylic acids is 1. The molecule has 0 radical (unpaired) electrons. The molecule has 3 aliphatic heterocycles. The molecule has 558 valence electrons. The van der Waals surface area contributed by atoms with E-state index in [1.165, 1.54) is 6.07 Å². The number of ether oxygens (including phenoxy) is 2. The van der Waals surface area contributed by atoms with Gasteiger partial charge in [-0.25, -0.2) is 14.4 Å². The van der Waals surface area contributed by atoms with Crippen LogP contribution < -0.4 is 21.3 Å². The highest BCUT2D eigenvalue weighted by Crippen LogP contribution is 2.37. The van der Waals surface area contributed by atoms with Gasteiger partial charge >= 0.3 is 17.9 Å². The summed E-state index contributed by atoms with van der Waals surface area (Å²) in [7, 11) is 0. The molecule has 18 nitrogen and oxygen atoms in total. The van der Waals surface area contributed by atoms with Crippen molar-refractivity contribution in [1.82, 2.24) is 15.1 Å². The summed E-state index contributed by atoms with van der Waals surface area (Å²) in [6.45, 7) is 23.4. The lowest BCUT2D eigenvalue weighted by Gasteiger charge is -2.32. The Kier molecular flexibility index (Phi) is 26.8. The van der Waals surface area contributed by atoms with Gasteiger partial charge in [-0.05, 0) is 286 Å². The van der Waals surface area contributed by atoms with Crippen LogP contribution in [-0.4, -0.2) is 129 Å². The van der Waals surface area contributed by atoms with Crippen molar-refractivity contribution in [3.05, 3.63) is 250 Å². The fourth-order valence-corrected chi connectivity index (χ4v) is 13.9. The number of likely N-dealkylation sites (tertiary alicyclic amines) is 2. The Bertz CT molecular complexity index is 4570. The molecule has 107 heavy (non-hydrogen) atoms. The van der Waals surface area contributed by atoms with Gasteiger partial charge in [0, 0.05) is 0 Å². The molecule has 3 heterocycles. The molecule has 0 spiro atoms. The van der Waals surface area contributed by atoms with E-state index >= 15 is 0 Å². The molecule has 0 unspecified atom stereocenters. The largest absolute Gasteiger partial charge is 0.507 e. The molecule has 0 aromatic heterocycles. The highest BCUT2D eigenvalue weighted by molar-refractivity contribution is 6.12. The Morgan fingerprint density at radius 1 is 0.383 bits per heavy atom. The molecule has 9 aromatic rings. The number of nitrogens with zero attached hydrogens (tertiary/aromatic N) is 2. The van der Waals surface area contributed by atoms with E-state index in [4.69, 9.17) is 9.47 Å². The summed E-state index contributed by atoms with van der Waals surface area (Å²) in [5.41, 5.74) is 8.93. The fourth-order valence-electron chi connectivity index (χ4n) is 13.9. The average molecular weight is 1450 g/mol. The molecular weight excluding hydrogens is 1350 g/mol. The average Bonchev–Trinajstić information content (AvgIpc) is 0.816. The van der Waals surface area contributed by atoms with Crippen LogP contribution in [0.3, 0.4) is 0 Å². The van der Waals surface area contributed by atoms with Crippen LogP contribution in [-0.2, 0) is 9.47 Å². The van der Waals surface area contributed by atoms with Crippen molar-refractivity contribution in [2.75, 3.05) is 68.3 Å². The number of rotatable bonds is 19. The van der Waals surface area contributed by atoms with Crippen LogP contribution in [0.1, 0.15) is 203 Å². The third-order valence-corrected chi connectivity index (χ3v) is 19.4. The second kappa shape index (κ2) is 36.4. The second-order valence-corrected chi connectivity index (χ2v) is 29.6. The van der Waals surface area contributed by atoms with E-state index in [1.807, 2.05) is 121 Å². The lowest BCUT2D eigenvalue weighted by atomic mass is 9.88. The number of anilines is 3. The maximum atomic E-state index is 13.5. The fraction of sp³-hybridized carbons (Fsp3) is 0.326. The quantitative estimate of drug-likeness (QED) is 0.0350. The third kappa shape index (κ3) is 21.6. The molecule has 0 aliphatic carbocycles. The number of esters is 2. The monoisotopic (exact) mass is 1440 g/mol. The Hall–Kier alpha value is -10.9. The summed E-state index contributed by atoms with van der Waals surface area (Å²) in [5.74, 6) is -2.97. The van der Waals surface area contributed by atoms with Gasteiger partial charge in [-0.1, -0.05) is 141 Å². The molecule has 12 rings (SSSR count). The number of carboxylic acids is 1. The van der Waals surface area contributed by atoms with Gasteiger partial charge in [0.05, 0.1) is 50.4 Å². The van der Waals surface area contributed by atoms with Crippen molar-refractivity contribution >= 4 is 52.7 Å². The maximum Gasteiger partial charge on any atom is 0.340 e. The van der Waals surface area contributed by atoms with E-state index in [9.17, 15) is 49.2 Å². The highest BCUT2D eigenvalue weighted by Gasteiger charge is 2.29. The number of piperidine rings is 3. The van der Waals surface area contributed by atoms with Gasteiger partial charge in [-0.2, -0.15) is 0 Å². The maximum absolute atomic E-state index is 13.5. The van der Waals surface area contributed by atoms with E-state index < -0.39 is 46.8 Å². The smallest absolute Gasteiger partial charge is 0.340 e. The normalized spacial score (nSPS) is 14.6. The summed E-state index contributed by atoms with van der Waals surface area (Å²) < 4.78 is 11.2. The highest BCUT2D eigenvalue weighted by atomic mass is 16.6. The number of hydrogen-bond donors (Lipinski definition) is 8. The zero-order chi connectivity index (χ0) is 76.4. The predicted octanol–water partition coefficient (Wildman–Crippen LogP) is 18.2. The number of aromatic hydroxyl groups is 3. The summed E-state index contributed by atoms with van der Waals surface area (Å²) in [6, 6.07) is 60.1. The molecule has 3 saturated heterocycles. The zero-order valence-corrected chi connectivity index (χ0v) is 62.5. The van der Waals surface area contributed by atoms with Crippen LogP contribution in [0.2, 0.25) is 0 Å². The standard InChI is InChI=1S/C32H38N2O4.C29H32N2O4.C28H30N2O4/c1-5-17-34-18-15-23(16-19-34)24-12-14-29(35)27(20-24)30(36)33-28-21-25(22-9-7-6-8-10-22)11-13-26(28)31(37)38-32(2,3)4;1-29(2,3)35-28(34)23-11-9-22(19-7-5-4-6-8-19)18-25(23)31-27(33)24-17-21(10-12-26(24)32)20-13-15-30-16-14-20;1-2-14-30-15-12-20(13-16-30)21-9-11-26(31)24(17-21)27(32)29-25-18-22(8-10-23(25)28(33)34)19-6-4-3-5-7-19/h6-14,20-21,23,35H,5,15-19H2,1-4H3,(H,33,36);4-12,17-18,20,30,32H,13-16H2,1-3H3,(H,31,33);3-11,17-18,20,31H,2,12-16H2,1H3,(H,29,32)(H,33,34). The van der Waals surface area contributed by atoms with Crippen LogP contribution >= 0.6 is 0 Å². The Morgan fingerprint density at radius 2 is 0.682 bits per heavy atom. The van der Waals surface area contributed by atoms with Gasteiger partial charge in [-0.3, -0.25) is 14.4 Å². The van der Waals surface area contributed by atoms with Crippen LogP contribution in [0, 0.1) is 0 Å². The van der Waals surface area contributed by atoms with Crippen molar-refractivity contribution in [2.24, 2.45) is 0 Å². The van der Waals surface area contributed by atoms with Crippen LogP contribution in [0.5, 0.6) is 17.2 Å². The van der Waals surface area contributed by atoms with Gasteiger partial charge in [0.2, 0.25) is 0 Å². The van der Waals surface area contributed by atoms with Crippen molar-refractivity contribution < 1.29 is 58.7 Å². The Morgan fingerprint density at radius 3 is 0.981 bits per heavy atom. The summed E-state index contributed by atoms with van der Waals surface area (Å²) in [5, 5.41) is 53.0. The molecule has 8 N–H and O–H groups in total. The zero-order valence-electron chi connectivity index (χ0n) is 62.5. The Labute approximate surface area is 628 Å². The van der Waals surface area contributed by atoms with Crippen molar-refractivity contribution in [1.29, 1.82) is 0 Å². The topological polar surface area (TPSA) is 256 Å². The first-order valence-corrected chi connectivity index (χ1v) is 37.2. The van der Waals surface area contributed by atoms with E-state index in [2.05, 4.69) is 44.9 Å². The molecule has 3 amide bonds. The Balaban J connectivity index is 0.000000172. The number of carbonyl (C=O) groups is 6. The minimum absolute atomic E-state index is 0.00743.